The van der Waals surface area contributed by atoms with Crippen LogP contribution in [0.4, 0.5) is 0 Å². The molecule has 0 aliphatic carbocycles. The Labute approximate surface area is 102 Å². The van der Waals surface area contributed by atoms with Crippen LogP contribution in [0.2, 0.25) is 0 Å². The van der Waals surface area contributed by atoms with Gasteiger partial charge in [0, 0.05) is 0 Å². The van der Waals surface area contributed by atoms with E-state index in [1.807, 2.05) is 0 Å². The van der Waals surface area contributed by atoms with E-state index in [-0.39, 0.29) is 5.75 Å². The molecule has 0 aromatic heterocycles. The average molecular weight is 236 g/mol. The lowest BCUT2D eigenvalue weighted by atomic mass is 9.91. The molecule has 3 heteroatoms. The lowest BCUT2D eigenvalue weighted by Gasteiger charge is -2.15. The number of benzene rings is 1. The summed E-state index contributed by atoms with van der Waals surface area (Å²) in [6, 6.07) is 3.50. The topological polar surface area (TPSA) is 57.5 Å². The molecule has 0 bridgehead atoms. The maximum atomic E-state index is 11.1. The van der Waals surface area contributed by atoms with Crippen LogP contribution in [-0.4, -0.2) is 16.2 Å². The van der Waals surface area contributed by atoms with Gasteiger partial charge in [-0.05, 0) is 49.4 Å². The van der Waals surface area contributed by atoms with Gasteiger partial charge >= 0.3 is 5.97 Å². The van der Waals surface area contributed by atoms with Crippen LogP contribution < -0.4 is 0 Å². The van der Waals surface area contributed by atoms with E-state index in [9.17, 15) is 9.90 Å². The summed E-state index contributed by atoms with van der Waals surface area (Å²) in [5, 5.41) is 18.8. The van der Waals surface area contributed by atoms with Crippen molar-refractivity contribution in [3.05, 3.63) is 28.8 Å². The van der Waals surface area contributed by atoms with Gasteiger partial charge in [-0.2, -0.15) is 0 Å². The number of aromatic hydroxyl groups is 1. The Morgan fingerprint density at radius 2 is 2.06 bits per heavy atom. The van der Waals surface area contributed by atoms with Crippen molar-refractivity contribution < 1.29 is 15.0 Å². The average Bonchev–Trinajstić information content (AvgIpc) is 2.29. The fourth-order valence-electron chi connectivity index (χ4n) is 1.88. The van der Waals surface area contributed by atoms with Crippen molar-refractivity contribution in [1.29, 1.82) is 0 Å². The summed E-state index contributed by atoms with van der Waals surface area (Å²) in [7, 11) is 0. The Hall–Kier alpha value is -1.51. The molecule has 0 saturated heterocycles. The minimum Gasteiger partial charge on any atom is -0.508 e. The first-order chi connectivity index (χ1) is 7.97. The zero-order valence-corrected chi connectivity index (χ0v) is 10.7. The second-order valence-corrected chi connectivity index (χ2v) is 4.50. The van der Waals surface area contributed by atoms with E-state index >= 15 is 0 Å². The summed E-state index contributed by atoms with van der Waals surface area (Å²) in [6.45, 7) is 5.56. The number of carboxylic acids is 1. The highest BCUT2D eigenvalue weighted by atomic mass is 16.4. The number of aliphatic carboxylic acids is 1. The molecule has 1 unspecified atom stereocenters. The van der Waals surface area contributed by atoms with Crippen LogP contribution in [-0.2, 0) is 11.2 Å². The summed E-state index contributed by atoms with van der Waals surface area (Å²) >= 11 is 0. The van der Waals surface area contributed by atoms with Gasteiger partial charge in [0.15, 0.2) is 0 Å². The molecular weight excluding hydrogens is 216 g/mol. The molecule has 0 aliphatic rings. The van der Waals surface area contributed by atoms with Crippen LogP contribution in [0.15, 0.2) is 12.1 Å². The normalized spacial score (nSPS) is 12.4. The molecule has 0 spiro atoms. The molecule has 1 rings (SSSR count). The molecule has 1 aromatic rings. The fourth-order valence-corrected chi connectivity index (χ4v) is 1.88. The molecule has 2 N–H and O–H groups in total. The van der Waals surface area contributed by atoms with Gasteiger partial charge in [0.25, 0.3) is 0 Å². The minimum atomic E-state index is -0.826. The van der Waals surface area contributed by atoms with Gasteiger partial charge in [-0.15, -0.1) is 0 Å². The Morgan fingerprint density at radius 3 is 2.59 bits per heavy atom. The van der Waals surface area contributed by atoms with E-state index < -0.39 is 11.9 Å². The van der Waals surface area contributed by atoms with E-state index in [4.69, 9.17) is 5.11 Å². The van der Waals surface area contributed by atoms with Gasteiger partial charge in [0.1, 0.15) is 5.75 Å². The zero-order valence-electron chi connectivity index (χ0n) is 10.7. The van der Waals surface area contributed by atoms with E-state index in [0.29, 0.717) is 0 Å². The summed E-state index contributed by atoms with van der Waals surface area (Å²) in [6.07, 6.45) is 2.87. The standard InChI is InChI=1S/C14H20O3/c1-4-5-6-11-8-13(15)9(2)7-12(11)10(3)14(16)17/h7-8,10,15H,4-6H2,1-3H3,(H,16,17). The molecule has 0 radical (unpaired) electrons. The summed E-state index contributed by atoms with van der Waals surface area (Å²) in [4.78, 5) is 11.1. The Balaban J connectivity index is 3.15. The number of rotatable bonds is 5. The lowest BCUT2D eigenvalue weighted by Crippen LogP contribution is -2.10. The number of aryl methyl sites for hydroxylation is 2. The number of carboxylic acid groups (broad SMARTS) is 1. The molecule has 0 fully saturated rings. The number of phenols is 1. The van der Waals surface area contributed by atoms with E-state index in [1.54, 1.807) is 26.0 Å². The lowest BCUT2D eigenvalue weighted by molar-refractivity contribution is -0.138. The molecule has 0 saturated carbocycles. The summed E-state index contributed by atoms with van der Waals surface area (Å²) < 4.78 is 0. The first-order valence-corrected chi connectivity index (χ1v) is 6.02. The van der Waals surface area contributed by atoms with Crippen molar-refractivity contribution in [3.8, 4) is 5.75 Å². The predicted octanol–water partition coefficient (Wildman–Crippen LogP) is 3.23. The predicted molar refractivity (Wildman–Crippen MR) is 67.5 cm³/mol. The SMILES string of the molecule is CCCCc1cc(O)c(C)cc1C(C)C(=O)O. The van der Waals surface area contributed by atoms with Gasteiger partial charge < -0.3 is 10.2 Å². The summed E-state index contributed by atoms with van der Waals surface area (Å²) in [5.74, 6) is -1.11. The van der Waals surface area contributed by atoms with Crippen LogP contribution in [0.25, 0.3) is 0 Å². The molecule has 17 heavy (non-hydrogen) atoms. The summed E-state index contributed by atoms with van der Waals surface area (Å²) in [5.41, 5.74) is 2.50. The van der Waals surface area contributed by atoms with E-state index in [2.05, 4.69) is 6.92 Å². The van der Waals surface area contributed by atoms with Crippen molar-refractivity contribution >= 4 is 5.97 Å². The van der Waals surface area contributed by atoms with Crippen LogP contribution in [0, 0.1) is 6.92 Å². The Morgan fingerprint density at radius 1 is 1.41 bits per heavy atom. The number of hydrogen-bond donors (Lipinski definition) is 2. The first-order valence-electron chi connectivity index (χ1n) is 6.02. The molecule has 1 aromatic carbocycles. The van der Waals surface area contributed by atoms with E-state index in [1.165, 1.54) is 0 Å². The fraction of sp³-hybridized carbons (Fsp3) is 0.500. The second-order valence-electron chi connectivity index (χ2n) is 4.50. The maximum Gasteiger partial charge on any atom is 0.310 e. The Bertz CT molecular complexity index is 410. The minimum absolute atomic E-state index is 0.248. The van der Waals surface area contributed by atoms with Crippen molar-refractivity contribution in [2.24, 2.45) is 0 Å². The van der Waals surface area contributed by atoms with Gasteiger partial charge in [-0.25, -0.2) is 0 Å². The van der Waals surface area contributed by atoms with Crippen LogP contribution in [0.5, 0.6) is 5.75 Å². The number of unbranched alkanes of at least 4 members (excludes halogenated alkanes) is 1. The van der Waals surface area contributed by atoms with Gasteiger partial charge in [-0.3, -0.25) is 4.79 Å². The molecule has 0 heterocycles. The van der Waals surface area contributed by atoms with Crippen molar-refractivity contribution in [3.63, 3.8) is 0 Å². The molecule has 0 amide bonds. The number of carbonyl (C=O) groups is 1. The maximum absolute atomic E-state index is 11.1. The van der Waals surface area contributed by atoms with Crippen LogP contribution in [0.1, 0.15) is 49.3 Å². The molecule has 94 valence electrons. The number of phenolic OH excluding ortho intramolecular Hbond substituents is 1. The van der Waals surface area contributed by atoms with Crippen LogP contribution in [0.3, 0.4) is 0 Å². The highest BCUT2D eigenvalue weighted by Gasteiger charge is 2.18. The van der Waals surface area contributed by atoms with E-state index in [0.717, 1.165) is 36.0 Å². The second kappa shape index (κ2) is 5.71. The molecule has 0 aliphatic heterocycles. The third kappa shape index (κ3) is 3.22. The number of hydrogen-bond acceptors (Lipinski definition) is 2. The highest BCUT2D eigenvalue weighted by Crippen LogP contribution is 2.28. The van der Waals surface area contributed by atoms with Crippen molar-refractivity contribution in [1.82, 2.24) is 0 Å². The van der Waals surface area contributed by atoms with Gasteiger partial charge in [0.05, 0.1) is 5.92 Å². The quantitative estimate of drug-likeness (QED) is 0.825. The third-order valence-electron chi connectivity index (χ3n) is 3.09. The van der Waals surface area contributed by atoms with Gasteiger partial charge in [0.2, 0.25) is 0 Å². The zero-order chi connectivity index (χ0) is 13.0. The first kappa shape index (κ1) is 13.6. The van der Waals surface area contributed by atoms with Gasteiger partial charge in [-0.1, -0.05) is 19.4 Å². The molecule has 3 nitrogen and oxygen atoms in total. The largest absolute Gasteiger partial charge is 0.508 e. The molecular formula is C14H20O3. The highest BCUT2D eigenvalue weighted by molar-refractivity contribution is 5.76. The molecule has 1 atom stereocenters. The monoisotopic (exact) mass is 236 g/mol. The Kier molecular flexibility index (Phi) is 4.55. The van der Waals surface area contributed by atoms with Crippen molar-refractivity contribution in [2.45, 2.75) is 46.0 Å². The third-order valence-corrected chi connectivity index (χ3v) is 3.09. The smallest absolute Gasteiger partial charge is 0.310 e. The van der Waals surface area contributed by atoms with Crippen molar-refractivity contribution in [2.75, 3.05) is 0 Å². The van der Waals surface area contributed by atoms with Crippen LogP contribution >= 0.6 is 0 Å².